The van der Waals surface area contributed by atoms with Gasteiger partial charge < -0.3 is 18.9 Å². The molecule has 0 heterocycles. The maximum atomic E-state index is 12.9. The molecule has 0 spiro atoms. The quantitative estimate of drug-likeness (QED) is 0.0211. The summed E-state index contributed by atoms with van der Waals surface area (Å²) in [6, 6.07) is 0. The van der Waals surface area contributed by atoms with Gasteiger partial charge in [-0.05, 0) is 64.2 Å². The van der Waals surface area contributed by atoms with Crippen molar-refractivity contribution in [1.29, 1.82) is 0 Å². The van der Waals surface area contributed by atoms with Gasteiger partial charge in [0, 0.05) is 12.8 Å². The Morgan fingerprint density at radius 1 is 0.320 bits per heavy atom. The van der Waals surface area contributed by atoms with E-state index in [1.54, 1.807) is 0 Å². The molecule has 0 aliphatic carbocycles. The van der Waals surface area contributed by atoms with Gasteiger partial charge in [0.05, 0.1) is 27.7 Å². The number of hydrogen-bond donors (Lipinski definition) is 1. The van der Waals surface area contributed by atoms with Crippen molar-refractivity contribution in [2.24, 2.45) is 0 Å². The first kappa shape index (κ1) is 97.4. The number of quaternary nitrogens is 1. The fourth-order valence-electron chi connectivity index (χ4n) is 13.1. The van der Waals surface area contributed by atoms with Crippen LogP contribution in [0.25, 0.3) is 0 Å². The van der Waals surface area contributed by atoms with E-state index < -0.39 is 26.5 Å². The predicted molar refractivity (Wildman–Crippen MR) is 436 cm³/mol. The normalized spacial score (nSPS) is 13.3. The fraction of sp³-hybridized carbons (Fsp3) is 0.844. The summed E-state index contributed by atoms with van der Waals surface area (Å²) in [4.78, 5) is 36.0. The second kappa shape index (κ2) is 80.5. The van der Waals surface area contributed by atoms with E-state index in [0.29, 0.717) is 23.9 Å². The zero-order chi connectivity index (χ0) is 72.5. The first-order valence-corrected chi connectivity index (χ1v) is 45.2. The van der Waals surface area contributed by atoms with Crippen molar-refractivity contribution < 1.29 is 42.1 Å². The van der Waals surface area contributed by atoms with Gasteiger partial charge in [-0.1, -0.05) is 433 Å². The zero-order valence-electron chi connectivity index (χ0n) is 67.2. The van der Waals surface area contributed by atoms with E-state index in [0.717, 1.165) is 70.6 Å². The molecule has 0 saturated heterocycles. The van der Waals surface area contributed by atoms with Gasteiger partial charge in [0.2, 0.25) is 0 Å². The van der Waals surface area contributed by atoms with E-state index in [4.69, 9.17) is 18.5 Å². The molecule has 1 N–H and O–H groups in total. The molecule has 100 heavy (non-hydrogen) atoms. The molecule has 0 rings (SSSR count). The summed E-state index contributed by atoms with van der Waals surface area (Å²) in [5, 5.41) is 0. The maximum absolute atomic E-state index is 12.9. The smallest absolute Gasteiger partial charge is 0.462 e. The highest BCUT2D eigenvalue weighted by Crippen LogP contribution is 2.43. The van der Waals surface area contributed by atoms with Crippen LogP contribution in [0.4, 0.5) is 0 Å². The number of rotatable bonds is 82. The molecule has 9 nitrogen and oxygen atoms in total. The largest absolute Gasteiger partial charge is 0.472 e. The fourth-order valence-corrected chi connectivity index (χ4v) is 13.9. The molecular weight excluding hydrogens is 1250 g/mol. The molecule has 0 aromatic rings. The molecular formula is C90H169NO8P+. The molecule has 0 aromatic carbocycles. The summed E-state index contributed by atoms with van der Waals surface area (Å²) in [5.41, 5.74) is 0. The summed E-state index contributed by atoms with van der Waals surface area (Å²) in [7, 11) is 1.50. The van der Waals surface area contributed by atoms with Crippen molar-refractivity contribution in [2.75, 3.05) is 47.5 Å². The van der Waals surface area contributed by atoms with Crippen LogP contribution in [-0.2, 0) is 32.7 Å². The molecule has 0 aromatic heterocycles. The van der Waals surface area contributed by atoms with Gasteiger partial charge in [0.25, 0.3) is 0 Å². The second-order valence-electron chi connectivity index (χ2n) is 30.9. The number of hydrogen-bond acceptors (Lipinski definition) is 7. The van der Waals surface area contributed by atoms with Crippen molar-refractivity contribution >= 4 is 19.8 Å². The van der Waals surface area contributed by atoms with Gasteiger partial charge in [-0.25, -0.2) is 4.57 Å². The molecule has 2 unspecified atom stereocenters. The number of unbranched alkanes of at least 4 members (excludes halogenated alkanes) is 56. The van der Waals surface area contributed by atoms with Crippen molar-refractivity contribution in [3.05, 3.63) is 72.9 Å². The lowest BCUT2D eigenvalue weighted by molar-refractivity contribution is -0.870. The molecule has 0 amide bonds. The molecule has 0 fully saturated rings. The third-order valence-electron chi connectivity index (χ3n) is 19.8. The minimum absolute atomic E-state index is 0.0327. The van der Waals surface area contributed by atoms with Crippen LogP contribution in [0.15, 0.2) is 72.9 Å². The Morgan fingerprint density at radius 3 is 0.850 bits per heavy atom. The maximum Gasteiger partial charge on any atom is 0.472 e. The number of carbonyl (C=O) groups excluding carboxylic acids is 2. The van der Waals surface area contributed by atoms with Crippen molar-refractivity contribution in [1.82, 2.24) is 0 Å². The molecule has 0 radical (unpaired) electrons. The van der Waals surface area contributed by atoms with E-state index >= 15 is 0 Å². The van der Waals surface area contributed by atoms with E-state index in [-0.39, 0.29) is 25.6 Å². The van der Waals surface area contributed by atoms with Gasteiger partial charge in [0.1, 0.15) is 19.8 Å². The molecule has 0 saturated carbocycles. The first-order valence-electron chi connectivity index (χ1n) is 43.7. The number of carbonyl (C=O) groups is 2. The number of esters is 2. The number of allylic oxidation sites excluding steroid dienone is 12. The Kier molecular flexibility index (Phi) is 78.5. The van der Waals surface area contributed by atoms with E-state index in [1.165, 1.54) is 334 Å². The van der Waals surface area contributed by atoms with Crippen LogP contribution in [0.3, 0.4) is 0 Å². The van der Waals surface area contributed by atoms with Crippen LogP contribution < -0.4 is 0 Å². The van der Waals surface area contributed by atoms with E-state index in [2.05, 4.69) is 86.8 Å². The number of ether oxygens (including phenoxy) is 2. The minimum Gasteiger partial charge on any atom is -0.462 e. The van der Waals surface area contributed by atoms with E-state index in [1.807, 2.05) is 21.1 Å². The number of nitrogens with zero attached hydrogens (tertiary/aromatic N) is 1. The second-order valence-corrected chi connectivity index (χ2v) is 32.4. The number of phosphoric ester groups is 1. The lowest BCUT2D eigenvalue weighted by Gasteiger charge is -2.24. The van der Waals surface area contributed by atoms with Crippen molar-refractivity contribution in [3.63, 3.8) is 0 Å². The predicted octanol–water partition coefficient (Wildman–Crippen LogP) is 29.4. The molecule has 10 heteroatoms. The minimum atomic E-state index is -4.40. The number of phosphoric acid groups is 1. The van der Waals surface area contributed by atoms with Gasteiger partial charge in [-0.2, -0.15) is 0 Å². The van der Waals surface area contributed by atoms with Crippen LogP contribution in [0, 0.1) is 0 Å². The Morgan fingerprint density at radius 2 is 0.570 bits per heavy atom. The highest BCUT2D eigenvalue weighted by atomic mass is 31.2. The highest BCUT2D eigenvalue weighted by Gasteiger charge is 2.27. The van der Waals surface area contributed by atoms with Crippen molar-refractivity contribution in [3.8, 4) is 0 Å². The molecule has 0 bridgehead atoms. The SMILES string of the molecule is CC/C=C\C/C=C\C/C=C\C/C=C\C/C=C\C/C=C\CCCCCCCCCCCCCCCCCCC(=O)OC(COC(=O)CCCCCCCCCCCCCCCCCCCCCCCCCCCCCCCCCCCCCCCCCCC)COP(=O)(O)OCC[N+](C)(C)C. The van der Waals surface area contributed by atoms with Crippen molar-refractivity contribution in [2.45, 2.75) is 444 Å². The van der Waals surface area contributed by atoms with Crippen LogP contribution in [0.5, 0.6) is 0 Å². The average molecular weight is 1420 g/mol. The van der Waals surface area contributed by atoms with Gasteiger partial charge in [0.15, 0.2) is 6.10 Å². The van der Waals surface area contributed by atoms with Crippen LogP contribution >= 0.6 is 7.82 Å². The standard InChI is InChI=1S/C90H168NO8P/c1-6-8-10-12-14-16-18-20-22-24-26-28-30-32-34-36-38-40-42-43-44-45-46-47-49-50-52-54-56-58-60-62-64-66-68-70-72-74-76-78-80-82-89(92)96-86-88(87-98-100(94,95)97-85-84-91(3,4)5)99-90(93)83-81-79-77-75-73-71-69-67-65-63-61-59-57-55-53-51-48-41-39-37-35-33-31-29-27-25-23-21-19-17-15-13-11-9-7-2/h9,11,15,17,21,23,27,29,33,35,39,41,88H,6-8,10,12-14,16,18-20,22,24-26,28,30-32,34,36-38,40,42-87H2,1-5H3/p+1/b11-9-,17-15-,23-21-,29-27-,35-33-,41-39-. The first-order chi connectivity index (χ1) is 49.0. The average Bonchev–Trinajstić information content (AvgIpc) is 1.65. The van der Waals surface area contributed by atoms with Crippen LogP contribution in [0.1, 0.15) is 438 Å². The van der Waals surface area contributed by atoms with E-state index in [9.17, 15) is 19.0 Å². The zero-order valence-corrected chi connectivity index (χ0v) is 68.1. The Bertz CT molecular complexity index is 1920. The monoisotopic (exact) mass is 1420 g/mol. The Balaban J connectivity index is 3.87. The number of likely N-dealkylation sites (N-methyl/N-ethyl adjacent to an activating group) is 1. The summed E-state index contributed by atoms with van der Waals surface area (Å²) in [5.74, 6) is -0.776. The molecule has 586 valence electrons. The third-order valence-corrected chi connectivity index (χ3v) is 20.7. The summed E-state index contributed by atoms with van der Waals surface area (Å²) in [6.07, 6.45) is 111. The summed E-state index contributed by atoms with van der Waals surface area (Å²) < 4.78 is 34.9. The van der Waals surface area contributed by atoms with Gasteiger partial charge in [-0.15, -0.1) is 0 Å². The Labute approximate surface area is 622 Å². The highest BCUT2D eigenvalue weighted by molar-refractivity contribution is 7.47. The van der Waals surface area contributed by atoms with Gasteiger partial charge in [-0.3, -0.25) is 18.6 Å². The molecule has 0 aliphatic rings. The molecule has 2 atom stereocenters. The summed E-state index contributed by atoms with van der Waals surface area (Å²) in [6.45, 7) is 4.39. The summed E-state index contributed by atoms with van der Waals surface area (Å²) >= 11 is 0. The Hall–Kier alpha value is -2.55. The van der Waals surface area contributed by atoms with Gasteiger partial charge >= 0.3 is 19.8 Å². The lowest BCUT2D eigenvalue weighted by Crippen LogP contribution is -2.37. The topological polar surface area (TPSA) is 108 Å². The van der Waals surface area contributed by atoms with Crippen LogP contribution in [0.2, 0.25) is 0 Å². The lowest BCUT2D eigenvalue weighted by atomic mass is 10.0. The molecule has 0 aliphatic heterocycles. The third kappa shape index (κ3) is 84.4. The van der Waals surface area contributed by atoms with Crippen LogP contribution in [-0.4, -0.2) is 74.9 Å².